The van der Waals surface area contributed by atoms with Crippen molar-refractivity contribution in [1.82, 2.24) is 10.2 Å². The van der Waals surface area contributed by atoms with Crippen molar-refractivity contribution < 1.29 is 32.3 Å². The van der Waals surface area contributed by atoms with E-state index >= 15 is 0 Å². The van der Waals surface area contributed by atoms with E-state index in [1.165, 1.54) is 6.07 Å². The number of benzene rings is 2. The Morgan fingerprint density at radius 1 is 1.10 bits per heavy atom. The summed E-state index contributed by atoms with van der Waals surface area (Å²) < 4.78 is 36.0. The second-order valence-corrected chi connectivity index (χ2v) is 12.7. The minimum absolute atomic E-state index is 0.0145. The van der Waals surface area contributed by atoms with Crippen molar-refractivity contribution in [2.24, 2.45) is 10.7 Å². The van der Waals surface area contributed by atoms with Gasteiger partial charge in [0.25, 0.3) is 5.91 Å². The number of nitrogens with two attached hydrogens (primary N) is 1. The molecule has 0 radical (unpaired) electrons. The zero-order valence-corrected chi connectivity index (χ0v) is 24.2. The number of amides is 3. The van der Waals surface area contributed by atoms with Crippen LogP contribution in [-0.4, -0.2) is 62.3 Å². The summed E-state index contributed by atoms with van der Waals surface area (Å²) in [6.45, 7) is 7.89. The number of hydrogen-bond acceptors (Lipinski definition) is 7. The molecule has 3 amide bonds. The number of piperidine rings is 1. The van der Waals surface area contributed by atoms with E-state index in [0.717, 1.165) is 11.8 Å². The number of ether oxygens (including phenoxy) is 2. The third kappa shape index (κ3) is 8.54. The molecule has 0 saturated carbocycles. The molecule has 1 fully saturated rings. The van der Waals surface area contributed by atoms with E-state index in [4.69, 9.17) is 15.2 Å². The monoisotopic (exact) mass is 572 g/mol. The van der Waals surface area contributed by atoms with Crippen LogP contribution in [0.1, 0.15) is 66.6 Å². The molecule has 1 aliphatic rings. The topological polar surface area (TPSA) is 157 Å². The van der Waals surface area contributed by atoms with Gasteiger partial charge in [-0.15, -0.1) is 4.99 Å². The average molecular weight is 573 g/mol. The fraction of sp³-hybridized carbons (Fsp3) is 0.429. The van der Waals surface area contributed by atoms with Crippen LogP contribution < -0.4 is 11.1 Å². The first kappa shape index (κ1) is 30.6. The predicted molar refractivity (Wildman–Crippen MR) is 150 cm³/mol. The summed E-state index contributed by atoms with van der Waals surface area (Å²) in [5, 5.41) is 2.32. The molecule has 0 aromatic heterocycles. The summed E-state index contributed by atoms with van der Waals surface area (Å²) in [7, 11) is -3.71. The minimum atomic E-state index is -3.71. The van der Waals surface area contributed by atoms with Crippen LogP contribution in [0.2, 0.25) is 0 Å². The number of aliphatic imine (C=N–C) groups is 1. The first-order valence-corrected chi connectivity index (χ1v) is 14.7. The van der Waals surface area contributed by atoms with E-state index in [9.17, 15) is 22.8 Å². The molecular formula is C28H36N4O7S. The number of carbonyl (C=O) groups excluding carboxylic acids is 3. The van der Waals surface area contributed by atoms with E-state index in [-0.39, 0.29) is 23.0 Å². The van der Waals surface area contributed by atoms with Crippen molar-refractivity contribution in [1.29, 1.82) is 0 Å². The normalized spacial score (nSPS) is 14.9. The number of sulfone groups is 1. The lowest BCUT2D eigenvalue weighted by molar-refractivity contribution is 0.0204. The Morgan fingerprint density at radius 3 is 2.30 bits per heavy atom. The van der Waals surface area contributed by atoms with E-state index in [1.807, 2.05) is 6.07 Å². The number of aryl methyl sites for hydroxylation is 1. The van der Waals surface area contributed by atoms with Crippen molar-refractivity contribution in [3.05, 3.63) is 64.7 Å². The highest BCUT2D eigenvalue weighted by Gasteiger charge is 2.31. The fourth-order valence-electron chi connectivity index (χ4n) is 4.36. The number of likely N-dealkylation sites (tertiary alicyclic amines) is 1. The van der Waals surface area contributed by atoms with Crippen LogP contribution in [0.4, 0.5) is 9.59 Å². The molecule has 2 aromatic rings. The van der Waals surface area contributed by atoms with Gasteiger partial charge in [0.1, 0.15) is 12.2 Å². The van der Waals surface area contributed by atoms with Gasteiger partial charge in [0, 0.05) is 24.9 Å². The van der Waals surface area contributed by atoms with Gasteiger partial charge in [0.05, 0.1) is 4.90 Å². The molecule has 0 bridgehead atoms. The molecule has 3 rings (SSSR count). The van der Waals surface area contributed by atoms with Crippen LogP contribution >= 0.6 is 0 Å². The second-order valence-electron chi connectivity index (χ2n) is 10.7. The van der Waals surface area contributed by atoms with Crippen LogP contribution in [0.3, 0.4) is 0 Å². The summed E-state index contributed by atoms with van der Waals surface area (Å²) in [5.74, 6) is -1.34. The van der Waals surface area contributed by atoms with Crippen LogP contribution in [0.5, 0.6) is 0 Å². The quantitative estimate of drug-likeness (QED) is 0.403. The van der Waals surface area contributed by atoms with Crippen LogP contribution in [0.25, 0.3) is 0 Å². The lowest BCUT2D eigenvalue weighted by Crippen LogP contribution is -2.41. The van der Waals surface area contributed by atoms with Gasteiger partial charge in [-0.2, -0.15) is 0 Å². The SMILES string of the molecule is Cc1cc(C2CCN(C(=O)OC(C)(C)C)CC2)c(S(C)(=O)=O)cc1C(=O)N/C(N)=N\C(=O)OCc1ccccc1. The number of nitrogens with one attached hydrogen (secondary N) is 1. The molecule has 1 aliphatic heterocycles. The fourth-order valence-corrected chi connectivity index (χ4v) is 5.34. The number of nitrogens with zero attached hydrogens (tertiary/aromatic N) is 2. The summed E-state index contributed by atoms with van der Waals surface area (Å²) in [4.78, 5) is 42.6. The molecule has 12 heteroatoms. The molecule has 216 valence electrons. The Labute approximate surface area is 234 Å². The molecule has 0 unspecified atom stereocenters. The van der Waals surface area contributed by atoms with E-state index in [2.05, 4.69) is 10.3 Å². The highest BCUT2D eigenvalue weighted by molar-refractivity contribution is 7.90. The molecule has 0 atom stereocenters. The van der Waals surface area contributed by atoms with Crippen molar-refractivity contribution in [3.63, 3.8) is 0 Å². The number of carbonyl (C=O) groups is 3. The predicted octanol–water partition coefficient (Wildman–Crippen LogP) is 3.89. The maximum atomic E-state index is 13.0. The van der Waals surface area contributed by atoms with E-state index in [0.29, 0.717) is 37.1 Å². The van der Waals surface area contributed by atoms with Crippen molar-refractivity contribution >= 4 is 33.9 Å². The number of guanidine groups is 1. The van der Waals surface area contributed by atoms with Gasteiger partial charge < -0.3 is 20.1 Å². The Hall–Kier alpha value is -3.93. The molecule has 11 nitrogen and oxygen atoms in total. The van der Waals surface area contributed by atoms with Crippen molar-refractivity contribution in [2.45, 2.75) is 63.6 Å². The Morgan fingerprint density at radius 2 is 1.73 bits per heavy atom. The summed E-state index contributed by atoms with van der Waals surface area (Å²) >= 11 is 0. The summed E-state index contributed by atoms with van der Waals surface area (Å²) in [6, 6.07) is 12.0. The lowest BCUT2D eigenvalue weighted by atomic mass is 9.87. The van der Waals surface area contributed by atoms with Gasteiger partial charge in [0.15, 0.2) is 9.84 Å². The third-order valence-corrected chi connectivity index (χ3v) is 7.40. The Kier molecular flexibility index (Phi) is 9.56. The molecule has 40 heavy (non-hydrogen) atoms. The number of hydrogen-bond donors (Lipinski definition) is 2. The zero-order chi connectivity index (χ0) is 29.7. The van der Waals surface area contributed by atoms with E-state index < -0.39 is 39.5 Å². The second kappa shape index (κ2) is 12.5. The molecule has 1 heterocycles. The average Bonchev–Trinajstić information content (AvgIpc) is 2.86. The van der Waals surface area contributed by atoms with Gasteiger partial charge in [-0.3, -0.25) is 10.1 Å². The molecule has 3 N–H and O–H groups in total. The van der Waals surface area contributed by atoms with Crippen molar-refractivity contribution in [3.8, 4) is 0 Å². The first-order valence-electron chi connectivity index (χ1n) is 12.8. The Balaban J connectivity index is 1.73. The van der Waals surface area contributed by atoms with Crippen LogP contribution in [0.15, 0.2) is 52.4 Å². The highest BCUT2D eigenvalue weighted by atomic mass is 32.2. The van der Waals surface area contributed by atoms with E-state index in [1.54, 1.807) is 62.9 Å². The van der Waals surface area contributed by atoms with Crippen LogP contribution in [-0.2, 0) is 25.9 Å². The molecular weight excluding hydrogens is 536 g/mol. The summed E-state index contributed by atoms with van der Waals surface area (Å²) in [5.41, 5.74) is 7.07. The third-order valence-electron chi connectivity index (χ3n) is 6.25. The van der Waals surface area contributed by atoms with Gasteiger partial charge in [0.2, 0.25) is 5.96 Å². The van der Waals surface area contributed by atoms with Gasteiger partial charge >= 0.3 is 12.2 Å². The van der Waals surface area contributed by atoms with Gasteiger partial charge in [-0.05, 0) is 69.2 Å². The molecule has 0 spiro atoms. The smallest absolute Gasteiger partial charge is 0.437 e. The highest BCUT2D eigenvalue weighted by Crippen LogP contribution is 2.35. The standard InChI is InChI=1S/C28H36N4O7S/c1-18-15-22(20-11-13-32(14-12-20)27(35)39-28(2,3)4)23(40(5,36)37)16-21(18)24(33)30-25(29)31-26(34)38-17-19-9-7-6-8-10-19/h6-10,15-16,20H,11-14,17H2,1-5H3,(H3,29,30,31,33,34). The maximum absolute atomic E-state index is 13.0. The Bertz CT molecular complexity index is 1390. The van der Waals surface area contributed by atoms with Crippen molar-refractivity contribution in [2.75, 3.05) is 19.3 Å². The lowest BCUT2D eigenvalue weighted by Gasteiger charge is -2.34. The van der Waals surface area contributed by atoms with Gasteiger partial charge in [-0.25, -0.2) is 18.0 Å². The minimum Gasteiger partial charge on any atom is -0.444 e. The van der Waals surface area contributed by atoms with Crippen LogP contribution in [0, 0.1) is 6.92 Å². The molecule has 2 aromatic carbocycles. The van der Waals surface area contributed by atoms with Gasteiger partial charge in [-0.1, -0.05) is 36.4 Å². The molecule has 1 saturated heterocycles. The summed E-state index contributed by atoms with van der Waals surface area (Å²) in [6.07, 6.45) is 0.774. The number of rotatable bonds is 5. The largest absolute Gasteiger partial charge is 0.444 e. The maximum Gasteiger partial charge on any atom is 0.437 e. The first-order chi connectivity index (χ1) is 18.6. The zero-order valence-electron chi connectivity index (χ0n) is 23.4. The molecule has 0 aliphatic carbocycles.